The Morgan fingerprint density at radius 2 is 1.38 bits per heavy atom. The fraction of sp³-hybridized carbons (Fsp3) is 0.800. The summed E-state index contributed by atoms with van der Waals surface area (Å²) in [5.41, 5.74) is -1.82. The van der Waals surface area contributed by atoms with Gasteiger partial charge in [-0.25, -0.2) is 0 Å². The second-order valence-corrected chi connectivity index (χ2v) is 9.77. The zero-order valence-electron chi connectivity index (χ0n) is 10.2. The van der Waals surface area contributed by atoms with E-state index in [0.717, 1.165) is 0 Å². The summed E-state index contributed by atoms with van der Waals surface area (Å²) in [4.78, 5) is 22.4. The van der Waals surface area contributed by atoms with E-state index < -0.39 is 50.0 Å². The van der Waals surface area contributed by atoms with Gasteiger partial charge in [0.2, 0.25) is 0 Å². The largest absolute Gasteiger partial charge is 0.481 e. The van der Waals surface area contributed by atoms with E-state index in [1.165, 1.54) is 0 Å². The van der Waals surface area contributed by atoms with Gasteiger partial charge in [0.05, 0.1) is 12.5 Å². The molecule has 122 valence electrons. The van der Waals surface area contributed by atoms with E-state index in [9.17, 15) is 14.7 Å². The molecule has 0 bridgehead atoms. The van der Waals surface area contributed by atoms with Crippen molar-refractivity contribution < 1.29 is 24.5 Å². The molecule has 5 nitrogen and oxygen atoms in total. The Bertz CT molecular complexity index is 413. The monoisotopic (exact) mass is 420 g/mol. The van der Waals surface area contributed by atoms with Gasteiger partial charge in [0.25, 0.3) is 0 Å². The standard InChI is InChI=1S/C10H10Cl6O5/c11-9(12,13)2-8(7(19)20,3-10(14,15)16)6-4(21-6)1-5(17)18/h4,6H,1-3H2,(H,17,18)(H,19,20)/t4-,6+/m0/s1. The van der Waals surface area contributed by atoms with Gasteiger partial charge in [-0.2, -0.15) is 0 Å². The maximum Gasteiger partial charge on any atom is 0.312 e. The summed E-state index contributed by atoms with van der Waals surface area (Å²) < 4.78 is 1.26. The first-order valence-electron chi connectivity index (χ1n) is 5.51. The number of ether oxygens (including phenoxy) is 1. The summed E-state index contributed by atoms with van der Waals surface area (Å²) in [6, 6.07) is 0. The van der Waals surface area contributed by atoms with E-state index >= 15 is 0 Å². The van der Waals surface area contributed by atoms with Gasteiger partial charge in [0.1, 0.15) is 11.5 Å². The molecule has 0 amide bonds. The van der Waals surface area contributed by atoms with Crippen LogP contribution in [0, 0.1) is 5.41 Å². The number of aliphatic carboxylic acids is 2. The predicted octanol–water partition coefficient (Wildman–Crippen LogP) is 3.82. The van der Waals surface area contributed by atoms with Gasteiger partial charge < -0.3 is 14.9 Å². The van der Waals surface area contributed by atoms with Gasteiger partial charge >= 0.3 is 11.9 Å². The molecule has 1 aliphatic rings. The highest BCUT2D eigenvalue weighted by molar-refractivity contribution is 6.68. The molecule has 2 N–H and O–H groups in total. The first-order valence-corrected chi connectivity index (χ1v) is 7.78. The lowest BCUT2D eigenvalue weighted by Gasteiger charge is -2.33. The average molecular weight is 423 g/mol. The first-order chi connectivity index (χ1) is 9.27. The van der Waals surface area contributed by atoms with Gasteiger partial charge in [-0.05, 0) is 0 Å². The minimum absolute atomic E-state index is 0.389. The average Bonchev–Trinajstić information content (AvgIpc) is 2.90. The van der Waals surface area contributed by atoms with Crippen LogP contribution in [0.25, 0.3) is 0 Å². The maximum absolute atomic E-state index is 11.7. The van der Waals surface area contributed by atoms with Crippen molar-refractivity contribution in [1.82, 2.24) is 0 Å². The highest BCUT2D eigenvalue weighted by Gasteiger charge is 2.63. The molecule has 1 saturated heterocycles. The molecule has 0 aromatic carbocycles. The summed E-state index contributed by atoms with van der Waals surface area (Å²) in [6.07, 6.45) is -3.22. The Kier molecular flexibility index (Phi) is 6.22. The van der Waals surface area contributed by atoms with E-state index in [1.807, 2.05) is 0 Å². The lowest BCUT2D eigenvalue weighted by molar-refractivity contribution is -0.151. The number of carboxylic acids is 2. The van der Waals surface area contributed by atoms with Gasteiger partial charge in [0.15, 0.2) is 7.59 Å². The number of rotatable bonds is 6. The van der Waals surface area contributed by atoms with Crippen LogP contribution in [-0.4, -0.2) is 41.9 Å². The number of alkyl halides is 6. The van der Waals surface area contributed by atoms with Crippen molar-refractivity contribution in [3.8, 4) is 0 Å². The Labute approximate surface area is 150 Å². The number of epoxide rings is 1. The molecule has 2 atom stereocenters. The fourth-order valence-electron chi connectivity index (χ4n) is 2.21. The topological polar surface area (TPSA) is 87.1 Å². The first kappa shape index (κ1) is 19.7. The highest BCUT2D eigenvalue weighted by Crippen LogP contribution is 2.55. The second kappa shape index (κ2) is 6.63. The van der Waals surface area contributed by atoms with E-state index in [4.69, 9.17) is 79.4 Å². The highest BCUT2D eigenvalue weighted by atomic mass is 35.6. The van der Waals surface area contributed by atoms with Crippen LogP contribution >= 0.6 is 69.6 Å². The Balaban J connectivity index is 3.08. The van der Waals surface area contributed by atoms with Crippen LogP contribution in [0.5, 0.6) is 0 Å². The van der Waals surface area contributed by atoms with Crippen molar-refractivity contribution >= 4 is 81.5 Å². The second-order valence-electron chi connectivity index (χ2n) is 4.74. The molecule has 0 unspecified atom stereocenters. The van der Waals surface area contributed by atoms with Crippen LogP contribution in [0.15, 0.2) is 0 Å². The maximum atomic E-state index is 11.7. The van der Waals surface area contributed by atoms with Crippen molar-refractivity contribution in [1.29, 1.82) is 0 Å². The summed E-state index contributed by atoms with van der Waals surface area (Å²) >= 11 is 34.1. The zero-order valence-corrected chi connectivity index (χ0v) is 14.7. The lowest BCUT2D eigenvalue weighted by atomic mass is 9.77. The van der Waals surface area contributed by atoms with Gasteiger partial charge in [-0.15, -0.1) is 0 Å². The molecule has 1 rings (SSSR count). The predicted molar refractivity (Wildman–Crippen MR) is 80.8 cm³/mol. The Morgan fingerprint density at radius 3 is 1.67 bits per heavy atom. The van der Waals surface area contributed by atoms with E-state index in [-0.39, 0.29) is 6.42 Å². The number of hydrogen-bond acceptors (Lipinski definition) is 3. The molecule has 0 aromatic rings. The molecule has 21 heavy (non-hydrogen) atoms. The number of carbonyl (C=O) groups is 2. The summed E-state index contributed by atoms with van der Waals surface area (Å²) in [6.45, 7) is 0. The van der Waals surface area contributed by atoms with Crippen LogP contribution in [-0.2, 0) is 14.3 Å². The Morgan fingerprint density at radius 1 is 0.952 bits per heavy atom. The van der Waals surface area contributed by atoms with Gasteiger partial charge in [0, 0.05) is 12.8 Å². The minimum atomic E-state index is -1.94. The van der Waals surface area contributed by atoms with Crippen LogP contribution in [0.2, 0.25) is 0 Å². The number of hydrogen-bond donors (Lipinski definition) is 2. The van der Waals surface area contributed by atoms with Crippen LogP contribution < -0.4 is 0 Å². The third-order valence-corrected chi connectivity index (χ3v) is 3.76. The molecule has 1 heterocycles. The molecular formula is C10H10Cl6O5. The molecular weight excluding hydrogens is 413 g/mol. The van der Waals surface area contributed by atoms with Gasteiger partial charge in [-0.3, -0.25) is 9.59 Å². The fourth-order valence-corrected chi connectivity index (χ4v) is 3.64. The van der Waals surface area contributed by atoms with E-state index in [1.54, 1.807) is 0 Å². The van der Waals surface area contributed by atoms with Crippen LogP contribution in [0.1, 0.15) is 19.3 Å². The quantitative estimate of drug-likeness (QED) is 0.502. The van der Waals surface area contributed by atoms with Crippen molar-refractivity contribution in [2.75, 3.05) is 0 Å². The van der Waals surface area contributed by atoms with Crippen LogP contribution in [0.3, 0.4) is 0 Å². The smallest absolute Gasteiger partial charge is 0.312 e. The Hall–Kier alpha value is 0.640. The summed E-state index contributed by atoms with van der Waals surface area (Å²) in [5.74, 6) is -2.54. The summed E-state index contributed by atoms with van der Waals surface area (Å²) in [7, 11) is 0. The molecule has 0 spiro atoms. The van der Waals surface area contributed by atoms with Crippen molar-refractivity contribution in [2.45, 2.75) is 39.1 Å². The molecule has 0 radical (unpaired) electrons. The van der Waals surface area contributed by atoms with Crippen LogP contribution in [0.4, 0.5) is 0 Å². The molecule has 0 aliphatic carbocycles. The zero-order chi connectivity index (χ0) is 16.6. The van der Waals surface area contributed by atoms with E-state index in [2.05, 4.69) is 0 Å². The SMILES string of the molecule is O=C(O)C[C@@H]1O[C@H]1C(CC(Cl)(Cl)Cl)(CC(Cl)(Cl)Cl)C(=O)O. The normalized spacial score (nSPS) is 23.0. The number of carboxylic acid groups (broad SMARTS) is 2. The summed E-state index contributed by atoms with van der Waals surface area (Å²) in [5, 5.41) is 18.3. The molecule has 11 heteroatoms. The van der Waals surface area contributed by atoms with E-state index in [0.29, 0.717) is 0 Å². The molecule has 0 saturated carbocycles. The minimum Gasteiger partial charge on any atom is -0.481 e. The van der Waals surface area contributed by atoms with Crippen molar-refractivity contribution in [3.05, 3.63) is 0 Å². The number of halogens is 6. The van der Waals surface area contributed by atoms with Crippen molar-refractivity contribution in [3.63, 3.8) is 0 Å². The lowest BCUT2D eigenvalue weighted by Crippen LogP contribution is -2.44. The third-order valence-electron chi connectivity index (χ3n) is 2.96. The molecule has 1 fully saturated rings. The molecule has 1 aliphatic heterocycles. The molecule has 0 aromatic heterocycles. The van der Waals surface area contributed by atoms with Gasteiger partial charge in [-0.1, -0.05) is 69.6 Å². The van der Waals surface area contributed by atoms with Crippen molar-refractivity contribution in [2.24, 2.45) is 5.41 Å². The third kappa shape index (κ3) is 5.98.